The smallest absolute Gasteiger partial charge is 0.111 e. The van der Waals surface area contributed by atoms with Crippen molar-refractivity contribution in [3.63, 3.8) is 0 Å². The normalized spacial score (nSPS) is 22.5. The van der Waals surface area contributed by atoms with Crippen molar-refractivity contribution in [1.82, 2.24) is 0 Å². The number of nitrogens with two attached hydrogens (primary N) is 1. The van der Waals surface area contributed by atoms with Gasteiger partial charge in [-0.05, 0) is 0 Å². The Morgan fingerprint density at radius 2 is 1.21 bits per heavy atom. The number of rotatable bonds is 6. The van der Waals surface area contributed by atoms with Crippen LogP contribution in [0.4, 0.5) is 0 Å². The first-order chi connectivity index (χ1) is 6.45. The fourth-order valence-corrected chi connectivity index (χ4v) is 0.905. The third kappa shape index (κ3) is 3.46. The van der Waals surface area contributed by atoms with E-state index in [1.807, 2.05) is 0 Å². The Hall–Kier alpha value is -0.280. The van der Waals surface area contributed by atoms with E-state index in [1.54, 1.807) is 0 Å². The molecule has 0 radical (unpaired) electrons. The van der Waals surface area contributed by atoms with E-state index in [1.165, 1.54) is 0 Å². The van der Waals surface area contributed by atoms with Gasteiger partial charge < -0.3 is 36.4 Å². The summed E-state index contributed by atoms with van der Waals surface area (Å²) in [6, 6.07) is 0. The van der Waals surface area contributed by atoms with Crippen molar-refractivity contribution < 1.29 is 30.6 Å². The van der Waals surface area contributed by atoms with Gasteiger partial charge in [-0.15, -0.1) is 0 Å². The summed E-state index contributed by atoms with van der Waals surface area (Å²) in [5, 5.41) is 53.9. The second-order valence-corrected chi connectivity index (χ2v) is 3.02. The maximum atomic E-state index is 9.20. The highest BCUT2D eigenvalue weighted by Gasteiger charge is 2.33. The lowest BCUT2D eigenvalue weighted by atomic mass is 9.99. The van der Waals surface area contributed by atoms with Crippen LogP contribution >= 0.6 is 0 Å². The molecule has 0 saturated carbocycles. The molecule has 5 atom stereocenters. The maximum absolute atomic E-state index is 9.20. The molecule has 0 fully saturated rings. The number of aliphatic hydroxyl groups excluding tert-OH is 6. The molecule has 0 aliphatic heterocycles. The van der Waals surface area contributed by atoms with Crippen LogP contribution in [0.2, 0.25) is 0 Å². The molecule has 7 heteroatoms. The Morgan fingerprint density at radius 1 is 0.786 bits per heavy atom. The monoisotopic (exact) mass is 211 g/mol. The third-order valence-corrected chi connectivity index (χ3v) is 1.92. The molecule has 86 valence electrons. The van der Waals surface area contributed by atoms with Gasteiger partial charge in [0.15, 0.2) is 0 Å². The molecule has 0 bridgehead atoms. The molecule has 0 aliphatic rings. The second-order valence-electron chi connectivity index (χ2n) is 3.02. The number of hydrogen-bond acceptors (Lipinski definition) is 7. The first kappa shape index (κ1) is 13.7. The van der Waals surface area contributed by atoms with Gasteiger partial charge in [0.2, 0.25) is 0 Å². The molecule has 0 spiro atoms. The fourth-order valence-electron chi connectivity index (χ4n) is 0.905. The molecular formula is C7H17NO6. The van der Waals surface area contributed by atoms with Gasteiger partial charge in [-0.25, -0.2) is 0 Å². The molecule has 0 heterocycles. The predicted octanol–water partition coefficient (Wildman–Crippen LogP) is -4.26. The lowest BCUT2D eigenvalue weighted by Crippen LogP contribution is -2.51. The Kier molecular flexibility index (Phi) is 6.12. The lowest BCUT2D eigenvalue weighted by Gasteiger charge is -2.27. The van der Waals surface area contributed by atoms with Crippen molar-refractivity contribution in [1.29, 1.82) is 0 Å². The molecule has 7 nitrogen and oxygen atoms in total. The summed E-state index contributed by atoms with van der Waals surface area (Å²) in [4.78, 5) is 0. The summed E-state index contributed by atoms with van der Waals surface area (Å²) >= 11 is 0. The van der Waals surface area contributed by atoms with E-state index < -0.39 is 37.1 Å². The minimum Gasteiger partial charge on any atom is -0.394 e. The van der Waals surface area contributed by atoms with Gasteiger partial charge in [-0.3, -0.25) is 0 Å². The van der Waals surface area contributed by atoms with Crippen LogP contribution in [0.1, 0.15) is 0 Å². The molecule has 0 saturated heterocycles. The SMILES string of the molecule is NC[C@H](O)[C@H](O)[C@H](O)[C@@H](O)[C@H](O)CO. The van der Waals surface area contributed by atoms with Crippen LogP contribution in [-0.4, -0.2) is 74.3 Å². The molecule has 0 amide bonds. The summed E-state index contributed by atoms with van der Waals surface area (Å²) in [5.41, 5.74) is 5.00. The average molecular weight is 211 g/mol. The lowest BCUT2D eigenvalue weighted by molar-refractivity contribution is -0.138. The minimum atomic E-state index is -1.77. The molecule has 0 unspecified atom stereocenters. The van der Waals surface area contributed by atoms with Gasteiger partial charge in [0.25, 0.3) is 0 Å². The first-order valence-electron chi connectivity index (χ1n) is 4.17. The van der Waals surface area contributed by atoms with Crippen LogP contribution < -0.4 is 5.73 Å². The Balaban J connectivity index is 4.22. The number of aliphatic hydroxyl groups is 6. The second kappa shape index (κ2) is 6.25. The Morgan fingerprint density at radius 3 is 1.57 bits per heavy atom. The van der Waals surface area contributed by atoms with Crippen LogP contribution in [0.15, 0.2) is 0 Å². The van der Waals surface area contributed by atoms with Crippen molar-refractivity contribution >= 4 is 0 Å². The molecule has 0 aliphatic carbocycles. The van der Waals surface area contributed by atoms with E-state index >= 15 is 0 Å². The summed E-state index contributed by atoms with van der Waals surface area (Å²) < 4.78 is 0. The average Bonchev–Trinajstić information content (AvgIpc) is 2.23. The quantitative estimate of drug-likeness (QED) is 0.235. The Bertz CT molecular complexity index is 141. The van der Waals surface area contributed by atoms with E-state index in [-0.39, 0.29) is 6.54 Å². The molecule has 0 rings (SSSR count). The van der Waals surface area contributed by atoms with Crippen molar-refractivity contribution in [3.05, 3.63) is 0 Å². The van der Waals surface area contributed by atoms with Gasteiger partial charge in [-0.1, -0.05) is 0 Å². The molecular weight excluding hydrogens is 194 g/mol. The summed E-state index contributed by atoms with van der Waals surface area (Å²) in [6.07, 6.45) is -8.15. The van der Waals surface area contributed by atoms with Crippen LogP contribution in [0, 0.1) is 0 Å². The zero-order valence-electron chi connectivity index (χ0n) is 7.56. The van der Waals surface area contributed by atoms with Crippen LogP contribution in [0.25, 0.3) is 0 Å². The van der Waals surface area contributed by atoms with Crippen LogP contribution in [-0.2, 0) is 0 Å². The fraction of sp³-hybridized carbons (Fsp3) is 1.00. The highest BCUT2D eigenvalue weighted by molar-refractivity contribution is 4.84. The summed E-state index contributed by atoms with van der Waals surface area (Å²) in [6.45, 7) is -1.05. The van der Waals surface area contributed by atoms with Crippen molar-refractivity contribution in [2.24, 2.45) is 5.73 Å². The van der Waals surface area contributed by atoms with Gasteiger partial charge in [-0.2, -0.15) is 0 Å². The van der Waals surface area contributed by atoms with Crippen LogP contribution in [0.3, 0.4) is 0 Å². The number of hydrogen-bond donors (Lipinski definition) is 7. The van der Waals surface area contributed by atoms with E-state index in [0.717, 1.165) is 0 Å². The van der Waals surface area contributed by atoms with E-state index in [9.17, 15) is 5.11 Å². The molecule has 0 aromatic heterocycles. The van der Waals surface area contributed by atoms with Gasteiger partial charge in [0.05, 0.1) is 12.7 Å². The van der Waals surface area contributed by atoms with Crippen LogP contribution in [0.5, 0.6) is 0 Å². The topological polar surface area (TPSA) is 147 Å². The van der Waals surface area contributed by atoms with Gasteiger partial charge in [0.1, 0.15) is 24.4 Å². The van der Waals surface area contributed by atoms with Crippen molar-refractivity contribution in [3.8, 4) is 0 Å². The van der Waals surface area contributed by atoms with Gasteiger partial charge >= 0.3 is 0 Å². The van der Waals surface area contributed by atoms with E-state index in [0.29, 0.717) is 0 Å². The van der Waals surface area contributed by atoms with Crippen molar-refractivity contribution in [2.45, 2.75) is 30.5 Å². The standard InChI is InChI=1S/C7H17NO6/c8-1-3(10)5(12)7(14)6(13)4(11)2-9/h3-7,9-14H,1-2,8H2/t3-,4+,5-,6-,7-/m0/s1. The molecule has 0 aromatic rings. The Labute approximate surface area is 81.0 Å². The van der Waals surface area contributed by atoms with Gasteiger partial charge in [0, 0.05) is 6.54 Å². The zero-order chi connectivity index (χ0) is 11.3. The summed E-state index contributed by atoms with van der Waals surface area (Å²) in [5.74, 6) is 0. The molecule has 8 N–H and O–H groups in total. The van der Waals surface area contributed by atoms with Crippen molar-refractivity contribution in [2.75, 3.05) is 13.2 Å². The zero-order valence-corrected chi connectivity index (χ0v) is 7.56. The molecule has 14 heavy (non-hydrogen) atoms. The largest absolute Gasteiger partial charge is 0.394 e. The molecule has 0 aromatic carbocycles. The minimum absolute atomic E-state index is 0.292. The van der Waals surface area contributed by atoms with E-state index in [2.05, 4.69) is 0 Å². The summed E-state index contributed by atoms with van der Waals surface area (Å²) in [7, 11) is 0. The maximum Gasteiger partial charge on any atom is 0.111 e. The highest BCUT2D eigenvalue weighted by atomic mass is 16.4. The predicted molar refractivity (Wildman–Crippen MR) is 46.2 cm³/mol. The first-order valence-corrected chi connectivity index (χ1v) is 4.17. The van der Waals surface area contributed by atoms with E-state index in [4.69, 9.17) is 31.3 Å². The highest BCUT2D eigenvalue weighted by Crippen LogP contribution is 2.07. The third-order valence-electron chi connectivity index (χ3n) is 1.92.